The van der Waals surface area contributed by atoms with Crippen molar-refractivity contribution in [3.05, 3.63) is 72.8 Å². The second-order valence-corrected chi connectivity index (χ2v) is 5.58. The molecule has 0 aromatic heterocycles. The smallest absolute Gasteiger partial charge is 0.152 e. The van der Waals surface area contributed by atoms with Gasteiger partial charge in [0, 0.05) is 16.5 Å². The maximum Gasteiger partial charge on any atom is 0.152 e. The van der Waals surface area contributed by atoms with Crippen LogP contribution in [-0.2, 0) is 0 Å². The van der Waals surface area contributed by atoms with Crippen LogP contribution >= 0.6 is 0 Å². The number of nitrogen functional groups attached to an aromatic ring is 1. The van der Waals surface area contributed by atoms with Crippen LogP contribution in [0.2, 0.25) is 0 Å². The molecular formula is C20H15N3O. The maximum atomic E-state index is 10.5. The first kappa shape index (κ1) is 14.2. The maximum absolute atomic E-state index is 10.5. The van der Waals surface area contributed by atoms with E-state index in [4.69, 9.17) is 5.73 Å². The number of nitrogens with zero attached hydrogens (tertiary/aromatic N) is 2. The molecule has 0 saturated carbocycles. The van der Waals surface area contributed by atoms with Gasteiger partial charge in [0.2, 0.25) is 0 Å². The predicted molar refractivity (Wildman–Crippen MR) is 98.1 cm³/mol. The molecule has 4 rings (SSSR count). The molecular weight excluding hydrogens is 298 g/mol. The number of anilines is 1. The molecule has 0 aliphatic rings. The molecule has 4 heteroatoms. The van der Waals surface area contributed by atoms with Gasteiger partial charge in [0.1, 0.15) is 5.69 Å². The molecule has 24 heavy (non-hydrogen) atoms. The molecule has 0 saturated heterocycles. The molecule has 0 unspecified atom stereocenters. The number of phenols is 1. The highest BCUT2D eigenvalue weighted by Crippen LogP contribution is 2.39. The average Bonchev–Trinajstić information content (AvgIpc) is 2.61. The minimum absolute atomic E-state index is 0.0505. The molecule has 4 aromatic rings. The lowest BCUT2D eigenvalue weighted by molar-refractivity contribution is 0.483. The predicted octanol–water partition coefficient (Wildman–Crippen LogP) is 5.70. The number of nitrogens with two attached hydrogens (primary N) is 1. The molecule has 0 atom stereocenters. The molecule has 0 radical (unpaired) electrons. The molecule has 0 heterocycles. The van der Waals surface area contributed by atoms with Crippen LogP contribution in [-0.4, -0.2) is 5.11 Å². The van der Waals surface area contributed by atoms with Gasteiger partial charge in [-0.1, -0.05) is 54.6 Å². The lowest BCUT2D eigenvalue weighted by Gasteiger charge is -2.06. The van der Waals surface area contributed by atoms with E-state index >= 15 is 0 Å². The Morgan fingerprint density at radius 3 is 2.29 bits per heavy atom. The minimum Gasteiger partial charge on any atom is -0.505 e. The molecule has 3 N–H and O–H groups in total. The summed E-state index contributed by atoms with van der Waals surface area (Å²) in [6.45, 7) is 0. The first-order chi connectivity index (χ1) is 11.7. The fourth-order valence-corrected chi connectivity index (χ4v) is 2.86. The highest BCUT2D eigenvalue weighted by atomic mass is 16.3. The Hall–Kier alpha value is -3.40. The molecule has 0 bridgehead atoms. The van der Waals surface area contributed by atoms with Crippen molar-refractivity contribution in [3.63, 3.8) is 0 Å². The molecule has 0 aliphatic carbocycles. The van der Waals surface area contributed by atoms with Crippen LogP contribution in [0.3, 0.4) is 0 Å². The van der Waals surface area contributed by atoms with E-state index in [-0.39, 0.29) is 5.75 Å². The third-order valence-electron chi connectivity index (χ3n) is 4.06. The summed E-state index contributed by atoms with van der Waals surface area (Å²) in [5.41, 5.74) is 7.65. The van der Waals surface area contributed by atoms with E-state index in [1.165, 1.54) is 0 Å². The molecule has 4 nitrogen and oxygen atoms in total. The Labute approximate surface area is 138 Å². The van der Waals surface area contributed by atoms with Crippen molar-refractivity contribution in [3.8, 4) is 5.75 Å². The van der Waals surface area contributed by atoms with Crippen molar-refractivity contribution in [1.82, 2.24) is 0 Å². The monoisotopic (exact) mass is 313 g/mol. The Kier molecular flexibility index (Phi) is 3.35. The SMILES string of the molecule is Nc1cccc2ccc(N=Nc3cccc4ccccc34)c(O)c12. The van der Waals surface area contributed by atoms with E-state index in [0.717, 1.165) is 21.8 Å². The van der Waals surface area contributed by atoms with Gasteiger partial charge in [-0.3, -0.25) is 0 Å². The van der Waals surface area contributed by atoms with E-state index in [1.54, 1.807) is 12.1 Å². The normalized spacial score (nSPS) is 11.5. The van der Waals surface area contributed by atoms with E-state index < -0.39 is 0 Å². The van der Waals surface area contributed by atoms with Crippen molar-refractivity contribution in [2.75, 3.05) is 5.73 Å². The van der Waals surface area contributed by atoms with Crippen LogP contribution in [0.4, 0.5) is 17.1 Å². The number of azo groups is 1. The third-order valence-corrected chi connectivity index (χ3v) is 4.06. The second kappa shape index (κ2) is 5.66. The number of aromatic hydroxyl groups is 1. The fourth-order valence-electron chi connectivity index (χ4n) is 2.86. The molecule has 4 aromatic carbocycles. The van der Waals surface area contributed by atoms with E-state index in [2.05, 4.69) is 10.2 Å². The van der Waals surface area contributed by atoms with Gasteiger partial charge in [-0.2, -0.15) is 0 Å². The Morgan fingerprint density at radius 2 is 1.38 bits per heavy atom. The number of phenolic OH excluding ortho intramolecular Hbond substituents is 1. The number of rotatable bonds is 2. The fraction of sp³-hybridized carbons (Fsp3) is 0. The summed E-state index contributed by atoms with van der Waals surface area (Å²) >= 11 is 0. The lowest BCUT2D eigenvalue weighted by Crippen LogP contribution is -1.86. The van der Waals surface area contributed by atoms with Crippen LogP contribution in [0.5, 0.6) is 5.75 Å². The van der Waals surface area contributed by atoms with E-state index in [0.29, 0.717) is 16.8 Å². The Bertz CT molecular complexity index is 1080. The zero-order valence-corrected chi connectivity index (χ0v) is 12.8. The van der Waals surface area contributed by atoms with Crippen molar-refractivity contribution in [2.45, 2.75) is 0 Å². The van der Waals surface area contributed by atoms with Crippen molar-refractivity contribution in [2.24, 2.45) is 10.2 Å². The van der Waals surface area contributed by atoms with Crippen molar-refractivity contribution < 1.29 is 5.11 Å². The number of hydrogen-bond acceptors (Lipinski definition) is 4. The van der Waals surface area contributed by atoms with Crippen molar-refractivity contribution in [1.29, 1.82) is 0 Å². The van der Waals surface area contributed by atoms with Gasteiger partial charge < -0.3 is 10.8 Å². The van der Waals surface area contributed by atoms with Gasteiger partial charge in [0.05, 0.1) is 5.69 Å². The minimum atomic E-state index is 0.0505. The third kappa shape index (κ3) is 2.34. The summed E-state index contributed by atoms with van der Waals surface area (Å²) in [5, 5.41) is 22.6. The van der Waals surface area contributed by atoms with E-state index in [1.807, 2.05) is 60.7 Å². The standard InChI is InChI=1S/C20H15N3O/c21-16-9-3-7-14-11-12-18(20(24)19(14)16)23-22-17-10-4-6-13-5-1-2-8-15(13)17/h1-12,24H,21H2. The van der Waals surface area contributed by atoms with Gasteiger partial charge in [0.15, 0.2) is 5.75 Å². The van der Waals surface area contributed by atoms with Crippen LogP contribution in [0.25, 0.3) is 21.5 Å². The number of benzene rings is 4. The number of fused-ring (bicyclic) bond motifs is 2. The van der Waals surface area contributed by atoms with Gasteiger partial charge >= 0.3 is 0 Å². The number of hydrogen-bond donors (Lipinski definition) is 2. The topological polar surface area (TPSA) is 71.0 Å². The zero-order chi connectivity index (χ0) is 16.5. The largest absolute Gasteiger partial charge is 0.505 e. The second-order valence-electron chi connectivity index (χ2n) is 5.58. The summed E-state index contributed by atoms with van der Waals surface area (Å²) in [5.74, 6) is 0.0505. The Balaban J connectivity index is 1.83. The first-order valence-corrected chi connectivity index (χ1v) is 7.64. The average molecular weight is 313 g/mol. The molecule has 0 amide bonds. The lowest BCUT2D eigenvalue weighted by atomic mass is 10.1. The molecule has 0 spiro atoms. The highest BCUT2D eigenvalue weighted by Gasteiger charge is 2.08. The summed E-state index contributed by atoms with van der Waals surface area (Å²) in [7, 11) is 0. The summed E-state index contributed by atoms with van der Waals surface area (Å²) in [6.07, 6.45) is 0. The Morgan fingerprint density at radius 1 is 0.667 bits per heavy atom. The summed E-state index contributed by atoms with van der Waals surface area (Å²) in [6, 6.07) is 23.0. The summed E-state index contributed by atoms with van der Waals surface area (Å²) in [4.78, 5) is 0. The van der Waals surface area contributed by atoms with Gasteiger partial charge in [-0.25, -0.2) is 0 Å². The summed E-state index contributed by atoms with van der Waals surface area (Å²) < 4.78 is 0. The molecule has 0 fully saturated rings. The van der Waals surface area contributed by atoms with Crippen LogP contribution in [0.15, 0.2) is 83.0 Å². The molecule has 116 valence electrons. The van der Waals surface area contributed by atoms with Crippen LogP contribution < -0.4 is 5.73 Å². The van der Waals surface area contributed by atoms with Gasteiger partial charge in [0.25, 0.3) is 0 Å². The van der Waals surface area contributed by atoms with Gasteiger partial charge in [-0.15, -0.1) is 10.2 Å². The van der Waals surface area contributed by atoms with E-state index in [9.17, 15) is 5.11 Å². The highest BCUT2D eigenvalue weighted by molar-refractivity contribution is 6.00. The van der Waals surface area contributed by atoms with Crippen LogP contribution in [0.1, 0.15) is 0 Å². The molecule has 0 aliphatic heterocycles. The quantitative estimate of drug-likeness (QED) is 0.368. The zero-order valence-electron chi connectivity index (χ0n) is 12.8. The van der Waals surface area contributed by atoms with Crippen molar-refractivity contribution >= 4 is 38.6 Å². The first-order valence-electron chi connectivity index (χ1n) is 7.64. The van der Waals surface area contributed by atoms with Gasteiger partial charge in [-0.05, 0) is 29.0 Å². The van der Waals surface area contributed by atoms with Crippen LogP contribution in [0, 0.1) is 0 Å².